The van der Waals surface area contributed by atoms with Crippen LogP contribution < -0.4 is 10.1 Å². The van der Waals surface area contributed by atoms with Crippen LogP contribution in [0.2, 0.25) is 0 Å². The molecule has 0 radical (unpaired) electrons. The Hall–Kier alpha value is -1.55. The summed E-state index contributed by atoms with van der Waals surface area (Å²) in [5.74, 6) is 0.994. The Balaban J connectivity index is 1.81. The first-order valence-corrected chi connectivity index (χ1v) is 7.17. The topological polar surface area (TPSA) is 34.1 Å². The van der Waals surface area contributed by atoms with Gasteiger partial charge in [-0.25, -0.2) is 4.98 Å². The molecule has 4 heteroatoms. The van der Waals surface area contributed by atoms with Crippen molar-refractivity contribution in [2.75, 3.05) is 11.9 Å². The van der Waals surface area contributed by atoms with Gasteiger partial charge in [0.1, 0.15) is 5.75 Å². The summed E-state index contributed by atoms with van der Waals surface area (Å²) in [5.41, 5.74) is 2.39. The summed E-state index contributed by atoms with van der Waals surface area (Å²) >= 11 is 1.68. The van der Waals surface area contributed by atoms with Gasteiger partial charge in [-0.05, 0) is 12.5 Å². The number of hydrogen-bond acceptors (Lipinski definition) is 4. The lowest BCUT2D eigenvalue weighted by Crippen LogP contribution is -2.20. The molecule has 2 aromatic rings. The van der Waals surface area contributed by atoms with Crippen molar-refractivity contribution in [3.05, 3.63) is 40.9 Å². The minimum atomic E-state index is 0.311. The van der Waals surface area contributed by atoms with E-state index in [1.807, 2.05) is 12.1 Å². The van der Waals surface area contributed by atoms with E-state index in [9.17, 15) is 0 Å². The van der Waals surface area contributed by atoms with E-state index in [4.69, 9.17) is 4.74 Å². The second-order valence-corrected chi connectivity index (χ2v) is 5.23. The molecule has 1 aromatic carbocycles. The van der Waals surface area contributed by atoms with Gasteiger partial charge in [0.25, 0.3) is 0 Å². The van der Waals surface area contributed by atoms with Crippen molar-refractivity contribution in [1.82, 2.24) is 4.98 Å². The zero-order chi connectivity index (χ0) is 12.4. The van der Waals surface area contributed by atoms with Gasteiger partial charge in [0, 0.05) is 17.4 Å². The Kier molecular flexibility index (Phi) is 3.19. The number of rotatable bonds is 3. The van der Waals surface area contributed by atoms with Crippen LogP contribution in [-0.4, -0.2) is 11.6 Å². The number of fused-ring (bicyclic) bond motifs is 1. The van der Waals surface area contributed by atoms with E-state index in [0.717, 1.165) is 36.0 Å². The number of thiazole rings is 1. The van der Waals surface area contributed by atoms with Crippen LogP contribution in [0.5, 0.6) is 5.75 Å². The van der Waals surface area contributed by atoms with Crippen LogP contribution >= 0.6 is 11.3 Å². The van der Waals surface area contributed by atoms with Crippen LogP contribution in [0.1, 0.15) is 30.6 Å². The van der Waals surface area contributed by atoms with E-state index in [2.05, 4.69) is 34.7 Å². The van der Waals surface area contributed by atoms with Crippen LogP contribution in [0.15, 0.2) is 29.6 Å². The van der Waals surface area contributed by atoms with Crippen LogP contribution in [0.4, 0.5) is 5.13 Å². The molecule has 18 heavy (non-hydrogen) atoms. The lowest BCUT2D eigenvalue weighted by Gasteiger charge is -2.26. The van der Waals surface area contributed by atoms with Crippen molar-refractivity contribution in [3.8, 4) is 5.75 Å². The molecule has 3 rings (SSSR count). The van der Waals surface area contributed by atoms with Gasteiger partial charge < -0.3 is 10.1 Å². The zero-order valence-electron chi connectivity index (χ0n) is 10.3. The molecule has 0 bridgehead atoms. The fourth-order valence-corrected chi connectivity index (χ4v) is 3.02. The average molecular weight is 260 g/mol. The molecule has 0 saturated heterocycles. The second-order valence-electron chi connectivity index (χ2n) is 4.37. The summed E-state index contributed by atoms with van der Waals surface area (Å²) in [7, 11) is 0. The second kappa shape index (κ2) is 4.98. The van der Waals surface area contributed by atoms with Crippen LogP contribution in [0.3, 0.4) is 0 Å². The number of ether oxygens (including phenoxy) is 1. The smallest absolute Gasteiger partial charge is 0.183 e. The van der Waals surface area contributed by atoms with Crippen LogP contribution in [0, 0.1) is 0 Å². The van der Waals surface area contributed by atoms with Crippen molar-refractivity contribution in [2.45, 2.75) is 25.8 Å². The third-order valence-corrected chi connectivity index (χ3v) is 3.99. The fourth-order valence-electron chi connectivity index (χ4n) is 2.18. The molecule has 1 aliphatic heterocycles. The van der Waals surface area contributed by atoms with Gasteiger partial charge in [-0.2, -0.15) is 0 Å². The lowest BCUT2D eigenvalue weighted by atomic mass is 10.0. The van der Waals surface area contributed by atoms with Crippen LogP contribution in [-0.2, 0) is 6.42 Å². The molecule has 3 nitrogen and oxygen atoms in total. The molecule has 1 aliphatic rings. The van der Waals surface area contributed by atoms with E-state index in [1.165, 1.54) is 5.56 Å². The predicted molar refractivity (Wildman–Crippen MR) is 74.4 cm³/mol. The van der Waals surface area contributed by atoms with Crippen molar-refractivity contribution in [1.29, 1.82) is 0 Å². The van der Waals surface area contributed by atoms with Gasteiger partial charge >= 0.3 is 0 Å². The first-order chi connectivity index (χ1) is 8.86. The molecule has 1 N–H and O–H groups in total. The Morgan fingerprint density at radius 2 is 2.33 bits per heavy atom. The number of benzene rings is 1. The number of hydrogen-bond donors (Lipinski definition) is 1. The summed E-state index contributed by atoms with van der Waals surface area (Å²) in [6.07, 6.45) is 1.97. The number of nitrogens with zero attached hydrogens (tertiary/aromatic N) is 1. The number of para-hydroxylation sites is 1. The van der Waals surface area contributed by atoms with Gasteiger partial charge in [-0.15, -0.1) is 11.3 Å². The molecule has 94 valence electrons. The highest BCUT2D eigenvalue weighted by Gasteiger charge is 2.21. The maximum absolute atomic E-state index is 5.66. The number of anilines is 1. The zero-order valence-corrected chi connectivity index (χ0v) is 11.2. The Morgan fingerprint density at radius 1 is 1.44 bits per heavy atom. The SMILES string of the molecule is CCc1csc(NC2CCOc3ccccc32)n1. The molecule has 2 heterocycles. The van der Waals surface area contributed by atoms with Gasteiger partial charge in [0.05, 0.1) is 18.3 Å². The fraction of sp³-hybridized carbons (Fsp3) is 0.357. The van der Waals surface area contributed by atoms with E-state index < -0.39 is 0 Å². The Morgan fingerprint density at radius 3 is 3.17 bits per heavy atom. The number of aryl methyl sites for hydroxylation is 1. The van der Waals surface area contributed by atoms with Gasteiger partial charge in [-0.3, -0.25) is 0 Å². The molecule has 1 unspecified atom stereocenters. The first kappa shape index (κ1) is 11.5. The highest BCUT2D eigenvalue weighted by molar-refractivity contribution is 7.13. The molecule has 1 atom stereocenters. The van der Waals surface area contributed by atoms with Crippen LogP contribution in [0.25, 0.3) is 0 Å². The standard InChI is InChI=1S/C14H16N2OS/c1-2-10-9-18-14(15-10)16-12-7-8-17-13-6-4-3-5-11(12)13/h3-6,9,12H,2,7-8H2,1H3,(H,15,16). The normalized spacial score (nSPS) is 17.9. The number of nitrogens with one attached hydrogen (secondary N) is 1. The van der Waals surface area contributed by atoms with Crippen molar-refractivity contribution >= 4 is 16.5 Å². The van der Waals surface area contributed by atoms with E-state index in [0.29, 0.717) is 6.04 Å². The molecular formula is C14H16N2OS. The Labute approximate surface area is 111 Å². The molecule has 0 spiro atoms. The number of aromatic nitrogens is 1. The largest absolute Gasteiger partial charge is 0.493 e. The highest BCUT2D eigenvalue weighted by atomic mass is 32.1. The van der Waals surface area contributed by atoms with Crippen molar-refractivity contribution < 1.29 is 4.74 Å². The van der Waals surface area contributed by atoms with Crippen molar-refractivity contribution in [2.24, 2.45) is 0 Å². The summed E-state index contributed by atoms with van der Waals surface area (Å²) in [4.78, 5) is 4.56. The summed E-state index contributed by atoms with van der Waals surface area (Å²) in [6, 6.07) is 8.54. The lowest BCUT2D eigenvalue weighted by molar-refractivity contribution is 0.274. The molecular weight excluding hydrogens is 244 g/mol. The van der Waals surface area contributed by atoms with Gasteiger partial charge in [0.2, 0.25) is 0 Å². The first-order valence-electron chi connectivity index (χ1n) is 6.29. The predicted octanol–water partition coefficient (Wildman–Crippen LogP) is 3.64. The minimum Gasteiger partial charge on any atom is -0.493 e. The third-order valence-electron chi connectivity index (χ3n) is 3.17. The maximum Gasteiger partial charge on any atom is 0.183 e. The molecule has 0 aliphatic carbocycles. The molecule has 1 aromatic heterocycles. The monoisotopic (exact) mass is 260 g/mol. The summed E-state index contributed by atoms with van der Waals surface area (Å²) in [6.45, 7) is 2.89. The van der Waals surface area contributed by atoms with E-state index >= 15 is 0 Å². The quantitative estimate of drug-likeness (QED) is 0.914. The highest BCUT2D eigenvalue weighted by Crippen LogP contribution is 2.34. The Bertz CT molecular complexity index is 538. The average Bonchev–Trinajstić information content (AvgIpc) is 2.87. The van der Waals surface area contributed by atoms with E-state index in [1.54, 1.807) is 11.3 Å². The minimum absolute atomic E-state index is 0.311. The van der Waals surface area contributed by atoms with Gasteiger partial charge in [-0.1, -0.05) is 25.1 Å². The molecule has 0 saturated carbocycles. The van der Waals surface area contributed by atoms with Gasteiger partial charge in [0.15, 0.2) is 5.13 Å². The third kappa shape index (κ3) is 2.20. The van der Waals surface area contributed by atoms with E-state index in [-0.39, 0.29) is 0 Å². The van der Waals surface area contributed by atoms with Crippen molar-refractivity contribution in [3.63, 3.8) is 0 Å². The summed E-state index contributed by atoms with van der Waals surface area (Å²) in [5, 5.41) is 6.65. The summed E-state index contributed by atoms with van der Waals surface area (Å²) < 4.78 is 5.66. The molecule has 0 amide bonds. The molecule has 0 fully saturated rings. The maximum atomic E-state index is 5.66.